The van der Waals surface area contributed by atoms with Crippen LogP contribution in [0.4, 0.5) is 0 Å². The first kappa shape index (κ1) is 28.4. The molecule has 1 aliphatic carbocycles. The third-order valence-corrected chi connectivity index (χ3v) is 8.61. The number of ether oxygens (including phenoxy) is 2. The fourth-order valence-corrected chi connectivity index (χ4v) is 5.94. The van der Waals surface area contributed by atoms with Gasteiger partial charge in [-0.3, -0.25) is 4.79 Å². The third kappa shape index (κ3) is 6.95. The van der Waals surface area contributed by atoms with Gasteiger partial charge in [-0.05, 0) is 68.2 Å². The summed E-state index contributed by atoms with van der Waals surface area (Å²) in [6.45, 7) is 5.19. The lowest BCUT2D eigenvalue weighted by Crippen LogP contribution is -2.47. The zero-order chi connectivity index (χ0) is 28.1. The van der Waals surface area contributed by atoms with Crippen molar-refractivity contribution in [2.45, 2.75) is 69.6 Å². The number of fused-ring (bicyclic) bond motifs is 1. The fraction of sp³-hybridized carbons (Fsp3) is 0.548. The van der Waals surface area contributed by atoms with E-state index in [0.717, 1.165) is 67.5 Å². The molecule has 2 fully saturated rings. The quantitative estimate of drug-likeness (QED) is 0.304. The fourth-order valence-electron chi connectivity index (χ4n) is 5.94. The number of aliphatic hydroxyl groups excluding tert-OH is 1. The van der Waals surface area contributed by atoms with Gasteiger partial charge in [0.25, 0.3) is 5.91 Å². The second-order valence-electron chi connectivity index (χ2n) is 11.6. The van der Waals surface area contributed by atoms with Gasteiger partial charge in [0.15, 0.2) is 0 Å². The molecule has 1 aromatic carbocycles. The lowest BCUT2D eigenvalue weighted by atomic mass is 9.80. The van der Waals surface area contributed by atoms with E-state index >= 15 is 0 Å². The molecule has 2 aromatic heterocycles. The van der Waals surface area contributed by atoms with E-state index in [4.69, 9.17) is 9.47 Å². The number of pyridine rings is 1. The van der Waals surface area contributed by atoms with Gasteiger partial charge in [0, 0.05) is 55.3 Å². The Labute approximate surface area is 235 Å². The molecule has 1 saturated heterocycles. The molecule has 5 rings (SSSR count). The Morgan fingerprint density at radius 3 is 2.77 bits per heavy atom. The molecule has 1 saturated carbocycles. The molecule has 40 heavy (non-hydrogen) atoms. The standard InChI is InChI=1S/C31H42N4O5/c1-21-20-35(15-10-27(21)36)16-14-31(38)12-8-23(9-13-31)33-30(37)26-18-24-25(34-26)4-3-5-28(24)40-17-11-22-6-7-29(39-2)32-19-22/h3-7,18-19,21,23,27,34,36,38H,8-17,20H2,1-2H3,(H,33,37)/t21-,23-,27-,31+/m0/s1. The van der Waals surface area contributed by atoms with Crippen molar-refractivity contribution >= 4 is 16.8 Å². The molecular weight excluding hydrogens is 508 g/mol. The van der Waals surface area contributed by atoms with Gasteiger partial charge in [0.2, 0.25) is 5.88 Å². The maximum atomic E-state index is 13.1. The molecule has 2 aliphatic rings. The molecule has 3 aromatic rings. The largest absolute Gasteiger partial charge is 0.493 e. The second kappa shape index (κ2) is 12.6. The van der Waals surface area contributed by atoms with Crippen LogP contribution in [0.1, 0.15) is 61.5 Å². The highest BCUT2D eigenvalue weighted by molar-refractivity contribution is 5.99. The van der Waals surface area contributed by atoms with E-state index in [1.54, 1.807) is 13.3 Å². The Kier molecular flexibility index (Phi) is 8.93. The second-order valence-corrected chi connectivity index (χ2v) is 11.6. The summed E-state index contributed by atoms with van der Waals surface area (Å²) in [7, 11) is 1.60. The average molecular weight is 551 g/mol. The van der Waals surface area contributed by atoms with Crippen LogP contribution in [0.2, 0.25) is 0 Å². The summed E-state index contributed by atoms with van der Waals surface area (Å²) >= 11 is 0. The van der Waals surface area contributed by atoms with E-state index in [9.17, 15) is 15.0 Å². The molecule has 0 unspecified atom stereocenters. The van der Waals surface area contributed by atoms with Crippen molar-refractivity contribution < 1.29 is 24.5 Å². The molecule has 0 radical (unpaired) electrons. The Balaban J connectivity index is 1.10. The number of hydrogen-bond donors (Lipinski definition) is 4. The molecule has 0 bridgehead atoms. The summed E-state index contributed by atoms with van der Waals surface area (Å²) in [5.41, 5.74) is 1.73. The lowest BCUT2D eigenvalue weighted by molar-refractivity contribution is -0.0272. The monoisotopic (exact) mass is 550 g/mol. The predicted octanol–water partition coefficient (Wildman–Crippen LogP) is 3.69. The van der Waals surface area contributed by atoms with Crippen LogP contribution in [0.25, 0.3) is 10.9 Å². The number of H-pyrrole nitrogens is 1. The molecule has 9 heteroatoms. The van der Waals surface area contributed by atoms with Gasteiger partial charge >= 0.3 is 0 Å². The number of carbonyl (C=O) groups is 1. The Morgan fingerprint density at radius 2 is 2.05 bits per heavy atom. The van der Waals surface area contributed by atoms with E-state index < -0.39 is 5.60 Å². The van der Waals surface area contributed by atoms with E-state index in [2.05, 4.69) is 27.1 Å². The molecule has 3 heterocycles. The van der Waals surface area contributed by atoms with Crippen molar-refractivity contribution in [3.05, 3.63) is 53.9 Å². The first-order valence-electron chi connectivity index (χ1n) is 14.5. The van der Waals surface area contributed by atoms with Crippen LogP contribution in [0.3, 0.4) is 0 Å². The molecule has 216 valence electrons. The first-order valence-corrected chi connectivity index (χ1v) is 14.5. The van der Waals surface area contributed by atoms with Gasteiger partial charge in [-0.2, -0.15) is 0 Å². The third-order valence-electron chi connectivity index (χ3n) is 8.61. The number of nitrogens with one attached hydrogen (secondary N) is 2. The van der Waals surface area contributed by atoms with Crippen molar-refractivity contribution in [3.8, 4) is 11.6 Å². The van der Waals surface area contributed by atoms with Crippen LogP contribution in [0.5, 0.6) is 11.6 Å². The number of carbonyl (C=O) groups excluding carboxylic acids is 1. The number of benzene rings is 1. The topological polar surface area (TPSA) is 120 Å². The summed E-state index contributed by atoms with van der Waals surface area (Å²) in [6, 6.07) is 11.5. The van der Waals surface area contributed by atoms with Crippen molar-refractivity contribution in [2.24, 2.45) is 5.92 Å². The maximum Gasteiger partial charge on any atom is 0.267 e. The normalized spacial score (nSPS) is 25.6. The van der Waals surface area contributed by atoms with E-state index in [1.807, 2.05) is 36.4 Å². The van der Waals surface area contributed by atoms with Crippen LogP contribution < -0.4 is 14.8 Å². The van der Waals surface area contributed by atoms with Crippen LogP contribution in [-0.4, -0.2) is 82.1 Å². The smallest absolute Gasteiger partial charge is 0.267 e. The Bertz CT molecular complexity index is 1270. The molecule has 0 spiro atoms. The number of rotatable bonds is 10. The van der Waals surface area contributed by atoms with E-state index in [0.29, 0.717) is 37.4 Å². The van der Waals surface area contributed by atoms with Gasteiger partial charge in [0.1, 0.15) is 11.4 Å². The van der Waals surface area contributed by atoms with Gasteiger partial charge in [-0.15, -0.1) is 0 Å². The highest BCUT2D eigenvalue weighted by atomic mass is 16.5. The number of methoxy groups -OCH3 is 1. The van der Waals surface area contributed by atoms with Gasteiger partial charge in [-0.1, -0.05) is 19.1 Å². The minimum atomic E-state index is -0.685. The lowest BCUT2D eigenvalue weighted by Gasteiger charge is -2.39. The molecule has 4 N–H and O–H groups in total. The number of aromatic amines is 1. The maximum absolute atomic E-state index is 13.1. The van der Waals surface area contributed by atoms with E-state index in [-0.39, 0.29) is 24.0 Å². The predicted molar refractivity (Wildman–Crippen MR) is 154 cm³/mol. The number of piperidine rings is 1. The van der Waals surface area contributed by atoms with Gasteiger partial charge in [0.05, 0.1) is 25.4 Å². The van der Waals surface area contributed by atoms with Crippen LogP contribution in [0.15, 0.2) is 42.6 Å². The number of aliphatic hydroxyl groups is 2. The average Bonchev–Trinajstić information content (AvgIpc) is 3.41. The first-order chi connectivity index (χ1) is 19.3. The molecule has 2 atom stereocenters. The molecular formula is C31H42N4O5. The summed E-state index contributed by atoms with van der Waals surface area (Å²) in [4.78, 5) is 22.9. The van der Waals surface area contributed by atoms with Crippen molar-refractivity contribution in [2.75, 3.05) is 33.4 Å². The van der Waals surface area contributed by atoms with Crippen molar-refractivity contribution in [1.82, 2.24) is 20.2 Å². The SMILES string of the molecule is COc1ccc(CCOc2cccc3[nH]c(C(=O)N[C@H]4CC[C@](O)(CCN5CC[C@H](O)[C@@H](C)C5)CC4)cc23)cn1. The number of amides is 1. The van der Waals surface area contributed by atoms with E-state index in [1.165, 1.54) is 0 Å². The Hall–Kier alpha value is -3.14. The number of aromatic nitrogens is 2. The summed E-state index contributed by atoms with van der Waals surface area (Å²) in [5.74, 6) is 1.46. The number of likely N-dealkylation sites (tertiary alicyclic amines) is 1. The van der Waals surface area contributed by atoms with Gasteiger partial charge < -0.3 is 34.9 Å². The zero-order valence-electron chi connectivity index (χ0n) is 23.6. The Morgan fingerprint density at radius 1 is 1.23 bits per heavy atom. The highest BCUT2D eigenvalue weighted by Gasteiger charge is 2.35. The molecule has 9 nitrogen and oxygen atoms in total. The highest BCUT2D eigenvalue weighted by Crippen LogP contribution is 2.32. The summed E-state index contributed by atoms with van der Waals surface area (Å²) < 4.78 is 11.2. The van der Waals surface area contributed by atoms with Gasteiger partial charge in [-0.25, -0.2) is 4.98 Å². The van der Waals surface area contributed by atoms with Crippen molar-refractivity contribution in [3.63, 3.8) is 0 Å². The number of hydrogen-bond acceptors (Lipinski definition) is 7. The van der Waals surface area contributed by atoms with Crippen LogP contribution in [0, 0.1) is 5.92 Å². The van der Waals surface area contributed by atoms with Crippen molar-refractivity contribution in [1.29, 1.82) is 0 Å². The zero-order valence-corrected chi connectivity index (χ0v) is 23.6. The molecule has 1 aliphatic heterocycles. The van der Waals surface area contributed by atoms with Crippen LogP contribution >= 0.6 is 0 Å². The summed E-state index contributed by atoms with van der Waals surface area (Å²) in [5, 5.41) is 25.2. The molecule has 1 amide bonds. The van der Waals surface area contributed by atoms with Crippen LogP contribution in [-0.2, 0) is 6.42 Å². The number of nitrogens with zero attached hydrogens (tertiary/aromatic N) is 2. The minimum absolute atomic E-state index is 0.0400. The minimum Gasteiger partial charge on any atom is -0.493 e. The summed E-state index contributed by atoms with van der Waals surface area (Å²) in [6.07, 6.45) is 6.69.